The van der Waals surface area contributed by atoms with Gasteiger partial charge in [0.1, 0.15) is 0 Å². The molecule has 122 valence electrons. The van der Waals surface area contributed by atoms with Crippen LogP contribution in [0, 0.1) is 0 Å². The number of nitrogens with zero attached hydrogens (tertiary/aromatic N) is 2. The number of H-pyrrole nitrogens is 1. The largest absolute Gasteiger partial charge is 0.385 e. The van der Waals surface area contributed by atoms with Crippen molar-refractivity contribution in [2.45, 2.75) is 20.0 Å². The standard InChI is InChI=1S/C9H15N3O5.C3H8O/c1-16-5-3-11-7(13)10-8(14)12(9(11)15)4-6-17-2;1-3-4-2/h3-6H2,1-2H3,(H,10,13,14);3H2,1-2H3. The SMILES string of the molecule is CCOC.COCCn1c(=O)[nH]c(=O)n(CCOC)c1=O. The van der Waals surface area contributed by atoms with Crippen LogP contribution in [0.5, 0.6) is 0 Å². The lowest BCUT2D eigenvalue weighted by molar-refractivity contribution is 0.175. The quantitative estimate of drug-likeness (QED) is 0.667. The van der Waals surface area contributed by atoms with Crippen LogP contribution in [0.4, 0.5) is 0 Å². The van der Waals surface area contributed by atoms with Gasteiger partial charge in [-0.1, -0.05) is 0 Å². The van der Waals surface area contributed by atoms with Crippen LogP contribution in [0.1, 0.15) is 6.92 Å². The summed E-state index contributed by atoms with van der Waals surface area (Å²) in [5.74, 6) is 0. The normalized spacial score (nSPS) is 10.1. The number of hydrogen-bond acceptors (Lipinski definition) is 6. The van der Waals surface area contributed by atoms with E-state index in [-0.39, 0.29) is 26.3 Å². The minimum Gasteiger partial charge on any atom is -0.385 e. The van der Waals surface area contributed by atoms with Crippen molar-refractivity contribution < 1.29 is 14.2 Å². The van der Waals surface area contributed by atoms with E-state index in [4.69, 9.17) is 9.47 Å². The van der Waals surface area contributed by atoms with Gasteiger partial charge in [-0.05, 0) is 6.92 Å². The fourth-order valence-electron chi connectivity index (χ4n) is 1.31. The highest BCUT2D eigenvalue weighted by Gasteiger charge is 2.08. The minimum absolute atomic E-state index is 0.0952. The summed E-state index contributed by atoms with van der Waals surface area (Å²) in [7, 11) is 4.60. The van der Waals surface area contributed by atoms with Gasteiger partial charge in [-0.3, -0.25) is 4.98 Å². The van der Waals surface area contributed by atoms with Crippen LogP contribution in [0.15, 0.2) is 14.4 Å². The Kier molecular flexibility index (Phi) is 10.1. The average molecular weight is 305 g/mol. The number of hydrogen-bond donors (Lipinski definition) is 1. The van der Waals surface area contributed by atoms with Crippen LogP contribution in [0.2, 0.25) is 0 Å². The molecule has 0 aliphatic rings. The molecule has 0 saturated carbocycles. The van der Waals surface area contributed by atoms with Gasteiger partial charge in [-0.15, -0.1) is 0 Å². The molecule has 0 aliphatic carbocycles. The number of ether oxygens (including phenoxy) is 3. The molecule has 1 aromatic rings. The van der Waals surface area contributed by atoms with E-state index in [0.717, 1.165) is 15.7 Å². The lowest BCUT2D eigenvalue weighted by atomic mass is 10.6. The second kappa shape index (κ2) is 11.0. The van der Waals surface area contributed by atoms with Crippen molar-refractivity contribution >= 4 is 0 Å². The molecule has 0 radical (unpaired) electrons. The van der Waals surface area contributed by atoms with Crippen LogP contribution in [0.3, 0.4) is 0 Å². The first-order chi connectivity index (χ1) is 10.0. The first kappa shape index (κ1) is 19.3. The van der Waals surface area contributed by atoms with E-state index >= 15 is 0 Å². The maximum Gasteiger partial charge on any atom is 0.336 e. The molecule has 0 bridgehead atoms. The second-order valence-electron chi connectivity index (χ2n) is 3.88. The Morgan fingerprint density at radius 2 is 1.24 bits per heavy atom. The van der Waals surface area contributed by atoms with E-state index in [1.165, 1.54) is 14.2 Å². The summed E-state index contributed by atoms with van der Waals surface area (Å²) in [6.07, 6.45) is 0. The summed E-state index contributed by atoms with van der Waals surface area (Å²) in [6, 6.07) is 0. The molecule has 0 saturated heterocycles. The molecule has 0 unspecified atom stereocenters. The summed E-state index contributed by atoms with van der Waals surface area (Å²) >= 11 is 0. The number of nitrogens with one attached hydrogen (secondary N) is 1. The molecule has 21 heavy (non-hydrogen) atoms. The highest BCUT2D eigenvalue weighted by Crippen LogP contribution is 1.76. The summed E-state index contributed by atoms with van der Waals surface area (Å²) in [5, 5.41) is 0. The fraction of sp³-hybridized carbons (Fsp3) is 0.750. The molecule has 1 N–H and O–H groups in total. The van der Waals surface area contributed by atoms with Crippen molar-refractivity contribution in [1.82, 2.24) is 14.1 Å². The molecular weight excluding hydrogens is 282 g/mol. The van der Waals surface area contributed by atoms with Gasteiger partial charge < -0.3 is 14.2 Å². The molecule has 1 aromatic heterocycles. The molecule has 0 amide bonds. The zero-order valence-corrected chi connectivity index (χ0v) is 12.9. The van der Waals surface area contributed by atoms with E-state index in [1.54, 1.807) is 7.11 Å². The Labute approximate surface area is 122 Å². The summed E-state index contributed by atoms with van der Waals surface area (Å²) in [6.45, 7) is 3.40. The monoisotopic (exact) mass is 305 g/mol. The Morgan fingerprint density at radius 1 is 0.857 bits per heavy atom. The highest BCUT2D eigenvalue weighted by molar-refractivity contribution is 4.74. The predicted octanol–water partition coefficient (Wildman–Crippen LogP) is -1.36. The molecular formula is C12H23N3O6. The molecule has 0 aromatic carbocycles. The van der Waals surface area contributed by atoms with Crippen LogP contribution in [-0.4, -0.2) is 55.3 Å². The molecule has 0 aliphatic heterocycles. The van der Waals surface area contributed by atoms with Gasteiger partial charge in [0.05, 0.1) is 26.3 Å². The zero-order valence-electron chi connectivity index (χ0n) is 12.9. The first-order valence-corrected chi connectivity index (χ1v) is 6.44. The Balaban J connectivity index is 0.000000885. The van der Waals surface area contributed by atoms with Crippen molar-refractivity contribution in [1.29, 1.82) is 0 Å². The van der Waals surface area contributed by atoms with E-state index in [9.17, 15) is 14.4 Å². The van der Waals surface area contributed by atoms with E-state index in [1.807, 2.05) is 6.92 Å². The Hall–Kier alpha value is -1.71. The smallest absolute Gasteiger partial charge is 0.336 e. The average Bonchev–Trinajstić information content (AvgIpc) is 2.47. The minimum atomic E-state index is -0.731. The summed E-state index contributed by atoms with van der Waals surface area (Å²) < 4.78 is 15.9. The third kappa shape index (κ3) is 6.52. The number of rotatable bonds is 7. The molecule has 1 rings (SSSR count). The van der Waals surface area contributed by atoms with E-state index < -0.39 is 17.1 Å². The molecule has 1 heterocycles. The van der Waals surface area contributed by atoms with Crippen LogP contribution in [0.25, 0.3) is 0 Å². The van der Waals surface area contributed by atoms with Crippen molar-refractivity contribution in [3.63, 3.8) is 0 Å². The van der Waals surface area contributed by atoms with Crippen molar-refractivity contribution in [3.05, 3.63) is 31.5 Å². The van der Waals surface area contributed by atoms with E-state index in [0.29, 0.717) is 0 Å². The van der Waals surface area contributed by atoms with Crippen LogP contribution < -0.4 is 17.1 Å². The van der Waals surface area contributed by atoms with Gasteiger partial charge in [-0.25, -0.2) is 23.5 Å². The van der Waals surface area contributed by atoms with Crippen molar-refractivity contribution in [2.75, 3.05) is 41.2 Å². The predicted molar refractivity (Wildman–Crippen MR) is 76.9 cm³/mol. The van der Waals surface area contributed by atoms with Gasteiger partial charge in [0.15, 0.2) is 0 Å². The molecule has 0 spiro atoms. The van der Waals surface area contributed by atoms with Crippen LogP contribution in [-0.2, 0) is 27.3 Å². The highest BCUT2D eigenvalue weighted by atomic mass is 16.5. The molecule has 9 nitrogen and oxygen atoms in total. The van der Waals surface area contributed by atoms with Gasteiger partial charge >= 0.3 is 17.1 Å². The Morgan fingerprint density at radius 3 is 1.52 bits per heavy atom. The van der Waals surface area contributed by atoms with Crippen molar-refractivity contribution in [2.24, 2.45) is 0 Å². The molecule has 0 fully saturated rings. The first-order valence-electron chi connectivity index (χ1n) is 6.44. The summed E-state index contributed by atoms with van der Waals surface area (Å²) in [4.78, 5) is 36.7. The second-order valence-corrected chi connectivity index (χ2v) is 3.88. The van der Waals surface area contributed by atoms with Gasteiger partial charge in [0.25, 0.3) is 0 Å². The van der Waals surface area contributed by atoms with E-state index in [2.05, 4.69) is 9.72 Å². The third-order valence-corrected chi connectivity index (χ3v) is 2.49. The fourth-order valence-corrected chi connectivity index (χ4v) is 1.31. The van der Waals surface area contributed by atoms with Crippen molar-refractivity contribution in [3.8, 4) is 0 Å². The lowest BCUT2D eigenvalue weighted by Gasteiger charge is -2.07. The van der Waals surface area contributed by atoms with Crippen LogP contribution >= 0.6 is 0 Å². The van der Waals surface area contributed by atoms with Gasteiger partial charge in [-0.2, -0.15) is 0 Å². The maximum atomic E-state index is 11.8. The molecule has 9 heteroatoms. The Bertz CT molecular complexity index is 514. The molecule has 0 atom stereocenters. The topological polar surface area (TPSA) is 105 Å². The van der Waals surface area contributed by atoms with Gasteiger partial charge in [0, 0.05) is 27.9 Å². The summed E-state index contributed by atoms with van der Waals surface area (Å²) in [5.41, 5.74) is -2.12. The zero-order chi connectivity index (χ0) is 16.3. The number of aromatic nitrogens is 3. The maximum absolute atomic E-state index is 11.8. The van der Waals surface area contributed by atoms with Gasteiger partial charge in [0.2, 0.25) is 0 Å². The lowest BCUT2D eigenvalue weighted by Crippen LogP contribution is -2.50. The third-order valence-electron chi connectivity index (χ3n) is 2.49. The number of methoxy groups -OCH3 is 3. The number of aromatic amines is 1.